The molecule has 0 unspecified atom stereocenters. The molecular formula is C12H17N5O4. The van der Waals surface area contributed by atoms with Gasteiger partial charge in [0.15, 0.2) is 11.2 Å². The molecule has 0 aliphatic carbocycles. The van der Waals surface area contributed by atoms with E-state index < -0.39 is 11.5 Å². The molecule has 9 heteroatoms. The van der Waals surface area contributed by atoms with Crippen LogP contribution in [-0.2, 0) is 6.54 Å². The van der Waals surface area contributed by atoms with Gasteiger partial charge >= 0.3 is 0 Å². The Morgan fingerprint density at radius 1 is 1.43 bits per heavy atom. The number of anilines is 1. The quantitative estimate of drug-likeness (QED) is 0.632. The van der Waals surface area contributed by atoms with Crippen LogP contribution in [0.4, 0.5) is 5.95 Å². The molecule has 21 heavy (non-hydrogen) atoms. The lowest BCUT2D eigenvalue weighted by molar-refractivity contribution is 0.0934. The van der Waals surface area contributed by atoms with Gasteiger partial charge in [0, 0.05) is 32.6 Å². The zero-order valence-corrected chi connectivity index (χ0v) is 11.6. The van der Waals surface area contributed by atoms with E-state index in [9.17, 15) is 9.59 Å². The molecule has 0 radical (unpaired) electrons. The second kappa shape index (κ2) is 6.02. The van der Waals surface area contributed by atoms with Crippen molar-refractivity contribution in [1.29, 1.82) is 0 Å². The number of aryl methyl sites for hydroxylation is 1. The second-order valence-electron chi connectivity index (χ2n) is 4.76. The molecule has 0 aliphatic heterocycles. The van der Waals surface area contributed by atoms with Crippen LogP contribution in [0.2, 0.25) is 0 Å². The van der Waals surface area contributed by atoms with Crippen LogP contribution in [0.3, 0.4) is 0 Å². The first-order chi connectivity index (χ1) is 9.99. The molecule has 4 N–H and O–H groups in total. The summed E-state index contributed by atoms with van der Waals surface area (Å²) in [6.45, 7) is 1.37. The summed E-state index contributed by atoms with van der Waals surface area (Å²) in [7, 11) is 0. The van der Waals surface area contributed by atoms with Gasteiger partial charge in [-0.3, -0.25) is 9.59 Å². The molecule has 0 spiro atoms. The average molecular weight is 295 g/mol. The third-order valence-electron chi connectivity index (χ3n) is 3.27. The highest BCUT2D eigenvalue weighted by Gasteiger charge is 2.16. The van der Waals surface area contributed by atoms with E-state index in [1.807, 2.05) is 0 Å². The zero-order chi connectivity index (χ0) is 15.6. The number of nitrogens with two attached hydrogens (primary N) is 1. The summed E-state index contributed by atoms with van der Waals surface area (Å²) in [5.41, 5.74) is 5.37. The van der Waals surface area contributed by atoms with E-state index in [1.165, 1.54) is 13.3 Å². The van der Waals surface area contributed by atoms with Gasteiger partial charge in [-0.15, -0.1) is 0 Å². The fourth-order valence-electron chi connectivity index (χ4n) is 2.04. The van der Waals surface area contributed by atoms with Crippen LogP contribution in [0.1, 0.15) is 18.1 Å². The minimum atomic E-state index is -0.607. The van der Waals surface area contributed by atoms with Gasteiger partial charge in [-0.05, 0) is 6.42 Å². The third-order valence-corrected chi connectivity index (χ3v) is 3.27. The Morgan fingerprint density at radius 2 is 2.10 bits per heavy atom. The van der Waals surface area contributed by atoms with Crippen LogP contribution in [0.25, 0.3) is 11.2 Å². The predicted octanol–water partition coefficient (Wildman–Crippen LogP) is -1.17. The lowest BCUT2D eigenvalue weighted by Gasteiger charge is -2.11. The maximum absolute atomic E-state index is 12.1. The Labute approximate surface area is 119 Å². The van der Waals surface area contributed by atoms with Gasteiger partial charge in [0.05, 0.1) is 6.33 Å². The summed E-state index contributed by atoms with van der Waals surface area (Å²) >= 11 is 0. The number of aliphatic hydroxyl groups excluding tert-OH is 2. The number of hydrogen-bond donors (Lipinski definition) is 3. The highest BCUT2D eigenvalue weighted by atomic mass is 16.3. The molecule has 0 saturated heterocycles. The number of carbonyl (C=O) groups is 1. The SMILES string of the molecule is CC(=O)n1c(N)nc2c(ncn2CCC(CO)CO)c1=O. The van der Waals surface area contributed by atoms with Crippen molar-refractivity contribution >= 4 is 23.0 Å². The third kappa shape index (κ3) is 2.78. The number of nitrogen functional groups attached to an aromatic ring is 1. The molecule has 2 aromatic heterocycles. The van der Waals surface area contributed by atoms with Crippen molar-refractivity contribution in [2.45, 2.75) is 19.9 Å². The molecule has 0 bridgehead atoms. The summed E-state index contributed by atoms with van der Waals surface area (Å²) in [5, 5.41) is 18.1. The normalized spacial score (nSPS) is 11.4. The monoisotopic (exact) mass is 295 g/mol. The number of rotatable bonds is 5. The highest BCUT2D eigenvalue weighted by molar-refractivity contribution is 5.82. The molecule has 0 fully saturated rings. The molecule has 2 rings (SSSR count). The molecular weight excluding hydrogens is 278 g/mol. The van der Waals surface area contributed by atoms with E-state index in [1.54, 1.807) is 4.57 Å². The van der Waals surface area contributed by atoms with Crippen LogP contribution in [0.15, 0.2) is 11.1 Å². The molecule has 0 aromatic carbocycles. The van der Waals surface area contributed by atoms with Gasteiger partial charge in [0.1, 0.15) is 0 Å². The molecule has 0 atom stereocenters. The van der Waals surface area contributed by atoms with E-state index in [0.29, 0.717) is 13.0 Å². The Morgan fingerprint density at radius 3 is 2.67 bits per heavy atom. The Bertz CT molecular complexity index is 716. The average Bonchev–Trinajstić information content (AvgIpc) is 2.83. The molecule has 0 aliphatic rings. The fourth-order valence-corrected chi connectivity index (χ4v) is 2.04. The first kappa shape index (κ1) is 15.1. The minimum Gasteiger partial charge on any atom is -0.396 e. The molecule has 114 valence electrons. The first-order valence-corrected chi connectivity index (χ1v) is 6.45. The van der Waals surface area contributed by atoms with Gasteiger partial charge < -0.3 is 20.5 Å². The first-order valence-electron chi connectivity index (χ1n) is 6.45. The summed E-state index contributed by atoms with van der Waals surface area (Å²) in [4.78, 5) is 31.5. The molecule has 9 nitrogen and oxygen atoms in total. The smallest absolute Gasteiger partial charge is 0.289 e. The molecule has 2 aromatic rings. The van der Waals surface area contributed by atoms with Gasteiger partial charge in [-0.25, -0.2) is 9.55 Å². The number of hydrogen-bond acceptors (Lipinski definition) is 7. The topological polar surface area (TPSA) is 136 Å². The van der Waals surface area contributed by atoms with Crippen LogP contribution < -0.4 is 11.3 Å². The zero-order valence-electron chi connectivity index (χ0n) is 11.6. The van der Waals surface area contributed by atoms with Crippen LogP contribution >= 0.6 is 0 Å². The van der Waals surface area contributed by atoms with E-state index in [0.717, 1.165) is 4.57 Å². The van der Waals surface area contributed by atoms with Crippen LogP contribution in [0.5, 0.6) is 0 Å². The van der Waals surface area contributed by atoms with Crippen molar-refractivity contribution < 1.29 is 15.0 Å². The fraction of sp³-hybridized carbons (Fsp3) is 0.500. The Balaban J connectivity index is 2.41. The number of carbonyl (C=O) groups excluding carboxylic acids is 1. The van der Waals surface area contributed by atoms with Crippen LogP contribution in [-0.4, -0.2) is 48.4 Å². The highest BCUT2D eigenvalue weighted by Crippen LogP contribution is 2.11. The van der Waals surface area contributed by atoms with E-state index in [-0.39, 0.29) is 36.2 Å². The Hall–Kier alpha value is -2.26. The Kier molecular flexibility index (Phi) is 4.34. The van der Waals surface area contributed by atoms with Crippen molar-refractivity contribution in [2.24, 2.45) is 5.92 Å². The van der Waals surface area contributed by atoms with Crippen molar-refractivity contribution in [3.05, 3.63) is 16.7 Å². The summed E-state index contributed by atoms with van der Waals surface area (Å²) < 4.78 is 2.37. The number of fused-ring (bicyclic) bond motifs is 1. The number of aromatic nitrogens is 4. The van der Waals surface area contributed by atoms with Crippen molar-refractivity contribution in [3.63, 3.8) is 0 Å². The second-order valence-corrected chi connectivity index (χ2v) is 4.76. The predicted molar refractivity (Wildman–Crippen MR) is 74.8 cm³/mol. The maximum Gasteiger partial charge on any atom is 0.289 e. The molecule has 0 amide bonds. The van der Waals surface area contributed by atoms with E-state index in [4.69, 9.17) is 15.9 Å². The lowest BCUT2D eigenvalue weighted by atomic mass is 10.1. The maximum atomic E-state index is 12.1. The largest absolute Gasteiger partial charge is 0.396 e. The van der Waals surface area contributed by atoms with Gasteiger partial charge in [0.2, 0.25) is 11.9 Å². The van der Waals surface area contributed by atoms with E-state index in [2.05, 4.69) is 9.97 Å². The molecule has 2 heterocycles. The standard InChI is InChI=1S/C12H17N5O4/c1-7(20)17-11(21)9-10(15-12(17)13)16(6-14-9)3-2-8(4-18)5-19/h6,8,18-19H,2-5H2,1H3,(H2,13,15). The number of aliphatic hydroxyl groups is 2. The number of imidazole rings is 1. The molecule has 0 saturated carbocycles. The summed E-state index contributed by atoms with van der Waals surface area (Å²) in [5.74, 6) is -0.970. The van der Waals surface area contributed by atoms with Crippen LogP contribution in [0, 0.1) is 5.92 Å². The van der Waals surface area contributed by atoms with Crippen molar-refractivity contribution in [3.8, 4) is 0 Å². The van der Waals surface area contributed by atoms with Crippen molar-refractivity contribution in [2.75, 3.05) is 18.9 Å². The van der Waals surface area contributed by atoms with Gasteiger partial charge in [-0.1, -0.05) is 0 Å². The van der Waals surface area contributed by atoms with E-state index >= 15 is 0 Å². The lowest BCUT2D eigenvalue weighted by Crippen LogP contribution is -2.29. The van der Waals surface area contributed by atoms with Gasteiger partial charge in [-0.2, -0.15) is 4.98 Å². The minimum absolute atomic E-state index is 0.0592. The van der Waals surface area contributed by atoms with Crippen molar-refractivity contribution in [1.82, 2.24) is 19.1 Å². The van der Waals surface area contributed by atoms with Gasteiger partial charge in [0.25, 0.3) is 5.56 Å². The number of nitrogens with zero attached hydrogens (tertiary/aromatic N) is 4. The summed E-state index contributed by atoms with van der Waals surface area (Å²) in [6, 6.07) is 0. The summed E-state index contributed by atoms with van der Waals surface area (Å²) in [6.07, 6.45) is 1.92.